The van der Waals surface area contributed by atoms with Crippen molar-refractivity contribution in [1.82, 2.24) is 10.2 Å². The minimum Gasteiger partial charge on any atom is -0.493 e. The van der Waals surface area contributed by atoms with Crippen molar-refractivity contribution in [2.24, 2.45) is 10.7 Å². The molecular formula is C19H25IN4OS. The summed E-state index contributed by atoms with van der Waals surface area (Å²) in [6.07, 6.45) is 2.06. The first kappa shape index (κ1) is 19.4. The lowest BCUT2D eigenvalue weighted by Crippen LogP contribution is -2.38. The van der Waals surface area contributed by atoms with Crippen molar-refractivity contribution in [3.05, 3.63) is 51.7 Å². The average Bonchev–Trinajstić information content (AvgIpc) is 3.10. The Bertz CT molecular complexity index is 764. The highest BCUT2D eigenvalue weighted by atomic mass is 127. The summed E-state index contributed by atoms with van der Waals surface area (Å²) in [6, 6.07) is 10.5. The Balaban J connectivity index is 0.00000196. The molecule has 7 heteroatoms. The summed E-state index contributed by atoms with van der Waals surface area (Å²) in [5, 5.41) is 5.55. The molecule has 0 bridgehead atoms. The van der Waals surface area contributed by atoms with Crippen LogP contribution in [0.1, 0.15) is 28.5 Å². The van der Waals surface area contributed by atoms with Crippen LogP contribution in [0.15, 0.2) is 40.7 Å². The quantitative estimate of drug-likeness (QED) is 0.398. The molecule has 0 spiro atoms. The number of rotatable bonds is 4. The van der Waals surface area contributed by atoms with Gasteiger partial charge in [-0.1, -0.05) is 18.2 Å². The summed E-state index contributed by atoms with van der Waals surface area (Å²) in [4.78, 5) is 8.53. The normalized spacial score (nSPS) is 19.7. The zero-order valence-corrected chi connectivity index (χ0v) is 17.8. The molecule has 3 N–H and O–H groups in total. The van der Waals surface area contributed by atoms with E-state index in [4.69, 9.17) is 10.5 Å². The van der Waals surface area contributed by atoms with E-state index in [1.54, 1.807) is 4.88 Å². The van der Waals surface area contributed by atoms with Crippen molar-refractivity contribution in [1.29, 1.82) is 0 Å². The minimum absolute atomic E-state index is 0. The van der Waals surface area contributed by atoms with Crippen molar-refractivity contribution >= 4 is 41.3 Å². The summed E-state index contributed by atoms with van der Waals surface area (Å²) in [5.41, 5.74) is 8.76. The number of guanidine groups is 1. The van der Waals surface area contributed by atoms with Crippen LogP contribution >= 0.6 is 35.3 Å². The van der Waals surface area contributed by atoms with Gasteiger partial charge in [-0.25, -0.2) is 0 Å². The molecule has 4 rings (SSSR count). The Morgan fingerprint density at radius 1 is 1.35 bits per heavy atom. The predicted molar refractivity (Wildman–Crippen MR) is 118 cm³/mol. The first-order valence-electron chi connectivity index (χ1n) is 8.85. The first-order chi connectivity index (χ1) is 12.3. The number of nitrogens with zero attached hydrogens (tertiary/aromatic N) is 2. The Hall–Kier alpha value is -1.32. The maximum Gasteiger partial charge on any atom is 0.189 e. The predicted octanol–water partition coefficient (Wildman–Crippen LogP) is 3.15. The molecule has 5 nitrogen and oxygen atoms in total. The lowest BCUT2D eigenvalue weighted by Gasteiger charge is -2.27. The molecule has 2 aliphatic rings. The van der Waals surface area contributed by atoms with Crippen LogP contribution in [0.2, 0.25) is 0 Å². The number of hydrogen-bond acceptors (Lipinski definition) is 4. The summed E-state index contributed by atoms with van der Waals surface area (Å²) in [6.45, 7) is 4.53. The van der Waals surface area contributed by atoms with Crippen LogP contribution in [-0.4, -0.2) is 37.1 Å². The highest BCUT2D eigenvalue weighted by Crippen LogP contribution is 2.31. The fourth-order valence-electron chi connectivity index (χ4n) is 3.53. The molecule has 0 amide bonds. The molecule has 0 radical (unpaired) electrons. The van der Waals surface area contributed by atoms with E-state index < -0.39 is 0 Å². The second kappa shape index (κ2) is 9.05. The lowest BCUT2D eigenvalue weighted by atomic mass is 10.0. The van der Waals surface area contributed by atoms with Gasteiger partial charge in [-0.2, -0.15) is 0 Å². The fourth-order valence-corrected chi connectivity index (χ4v) is 4.42. The molecule has 0 saturated carbocycles. The number of nitrogens with two attached hydrogens (primary N) is 1. The molecule has 0 aliphatic carbocycles. The van der Waals surface area contributed by atoms with Crippen LogP contribution in [0.4, 0.5) is 0 Å². The van der Waals surface area contributed by atoms with Gasteiger partial charge in [0.25, 0.3) is 0 Å². The SMILES string of the molecule is I.NC(=NCCN1CCc2sccc2C1)NC1CCOc2ccccc21. The van der Waals surface area contributed by atoms with Crippen molar-refractivity contribution in [3.8, 4) is 5.75 Å². The summed E-state index contributed by atoms with van der Waals surface area (Å²) < 4.78 is 5.69. The van der Waals surface area contributed by atoms with E-state index >= 15 is 0 Å². The van der Waals surface area contributed by atoms with E-state index in [9.17, 15) is 0 Å². The smallest absolute Gasteiger partial charge is 0.189 e. The molecule has 3 heterocycles. The Morgan fingerprint density at radius 2 is 2.23 bits per heavy atom. The van der Waals surface area contributed by atoms with E-state index in [1.807, 2.05) is 29.5 Å². The molecule has 2 aliphatic heterocycles. The molecule has 140 valence electrons. The number of halogens is 1. The Labute approximate surface area is 175 Å². The first-order valence-corrected chi connectivity index (χ1v) is 9.73. The summed E-state index contributed by atoms with van der Waals surface area (Å²) in [7, 11) is 0. The topological polar surface area (TPSA) is 62.9 Å². The van der Waals surface area contributed by atoms with Gasteiger partial charge in [0.15, 0.2) is 5.96 Å². The van der Waals surface area contributed by atoms with Gasteiger partial charge in [0.1, 0.15) is 5.75 Å². The Kier molecular flexibility index (Phi) is 6.77. The molecule has 0 saturated heterocycles. The van der Waals surface area contributed by atoms with Gasteiger partial charge in [-0.15, -0.1) is 35.3 Å². The molecule has 1 aromatic heterocycles. The molecule has 0 fully saturated rings. The van der Waals surface area contributed by atoms with Crippen molar-refractivity contribution in [2.45, 2.75) is 25.4 Å². The van der Waals surface area contributed by atoms with E-state index in [1.165, 1.54) is 5.56 Å². The number of ether oxygens (including phenoxy) is 1. The lowest BCUT2D eigenvalue weighted by molar-refractivity contribution is 0.260. The third-order valence-electron chi connectivity index (χ3n) is 4.87. The molecule has 1 atom stereocenters. The van der Waals surface area contributed by atoms with Crippen LogP contribution in [-0.2, 0) is 13.0 Å². The number of fused-ring (bicyclic) bond motifs is 2. The average molecular weight is 484 g/mol. The standard InChI is InChI=1S/C19H24N4OS.HI/c20-19(22-16-6-11-24-17-4-2-1-3-15(16)17)21-8-10-23-9-5-18-14(13-23)7-12-25-18;/h1-4,7,12,16H,5-6,8-11,13H2,(H3,20,21,22);1H. The molecular weight excluding hydrogens is 459 g/mol. The van der Waals surface area contributed by atoms with E-state index in [0.717, 1.165) is 50.3 Å². The van der Waals surface area contributed by atoms with E-state index in [2.05, 4.69) is 32.7 Å². The number of nitrogens with one attached hydrogen (secondary N) is 1. The Morgan fingerprint density at radius 3 is 3.15 bits per heavy atom. The summed E-state index contributed by atoms with van der Waals surface area (Å²) in [5.74, 6) is 1.47. The maximum atomic E-state index is 6.12. The second-order valence-corrected chi connectivity index (χ2v) is 7.53. The van der Waals surface area contributed by atoms with Crippen molar-refractivity contribution in [2.75, 3.05) is 26.2 Å². The van der Waals surface area contributed by atoms with Gasteiger partial charge >= 0.3 is 0 Å². The summed E-state index contributed by atoms with van der Waals surface area (Å²) >= 11 is 1.88. The second-order valence-electron chi connectivity index (χ2n) is 6.53. The third kappa shape index (κ3) is 4.50. The van der Waals surface area contributed by atoms with Crippen LogP contribution in [0.3, 0.4) is 0 Å². The zero-order chi connectivity index (χ0) is 17.1. The molecule has 2 aromatic rings. The number of para-hydroxylation sites is 1. The van der Waals surface area contributed by atoms with Gasteiger partial charge in [-0.3, -0.25) is 9.89 Å². The monoisotopic (exact) mass is 484 g/mol. The molecule has 26 heavy (non-hydrogen) atoms. The van der Waals surface area contributed by atoms with Gasteiger partial charge in [0.2, 0.25) is 0 Å². The number of hydrogen-bond donors (Lipinski definition) is 2. The van der Waals surface area contributed by atoms with Crippen molar-refractivity contribution < 1.29 is 4.74 Å². The number of benzene rings is 1. The van der Waals surface area contributed by atoms with Gasteiger partial charge in [0, 0.05) is 36.5 Å². The largest absolute Gasteiger partial charge is 0.493 e. The van der Waals surface area contributed by atoms with Crippen LogP contribution in [0, 0.1) is 0 Å². The van der Waals surface area contributed by atoms with Crippen LogP contribution in [0.5, 0.6) is 5.75 Å². The van der Waals surface area contributed by atoms with Gasteiger partial charge in [0.05, 0.1) is 19.2 Å². The minimum atomic E-state index is 0. The zero-order valence-electron chi connectivity index (χ0n) is 14.7. The van der Waals surface area contributed by atoms with Gasteiger partial charge in [-0.05, 0) is 29.5 Å². The maximum absolute atomic E-state index is 6.12. The number of aliphatic imine (C=N–C) groups is 1. The fraction of sp³-hybridized carbons (Fsp3) is 0.421. The molecule has 1 aromatic carbocycles. The highest BCUT2D eigenvalue weighted by Gasteiger charge is 2.21. The van der Waals surface area contributed by atoms with Gasteiger partial charge < -0.3 is 15.8 Å². The third-order valence-corrected chi connectivity index (χ3v) is 5.89. The van der Waals surface area contributed by atoms with E-state index in [0.29, 0.717) is 12.6 Å². The van der Waals surface area contributed by atoms with Crippen molar-refractivity contribution in [3.63, 3.8) is 0 Å². The van der Waals surface area contributed by atoms with Crippen LogP contribution < -0.4 is 15.8 Å². The van der Waals surface area contributed by atoms with Crippen LogP contribution in [0.25, 0.3) is 0 Å². The number of thiophene rings is 1. The van der Waals surface area contributed by atoms with E-state index in [-0.39, 0.29) is 30.0 Å². The highest BCUT2D eigenvalue weighted by molar-refractivity contribution is 14.0. The molecule has 1 unspecified atom stereocenters.